The van der Waals surface area contributed by atoms with Gasteiger partial charge in [-0.15, -0.1) is 0 Å². The van der Waals surface area contributed by atoms with Gasteiger partial charge in [0.05, 0.1) is 10.6 Å². The van der Waals surface area contributed by atoms with E-state index in [9.17, 15) is 4.79 Å². The molecule has 0 bridgehead atoms. The maximum absolute atomic E-state index is 12.0. The van der Waals surface area contributed by atoms with Gasteiger partial charge < -0.3 is 9.88 Å². The molecule has 1 aromatic heterocycles. The Morgan fingerprint density at radius 3 is 2.68 bits per heavy atom. The normalized spacial score (nSPS) is 18.2. The third kappa shape index (κ3) is 3.31. The van der Waals surface area contributed by atoms with Gasteiger partial charge in [0.2, 0.25) is 0 Å². The number of hydrogen-bond acceptors (Lipinski definition) is 3. The number of amides is 1. The largest absolute Gasteiger partial charge is 0.357 e. The molecule has 2 aromatic rings. The Kier molecular flexibility index (Phi) is 4.15. The second-order valence-corrected chi connectivity index (χ2v) is 6.14. The molecule has 0 aliphatic carbocycles. The lowest BCUT2D eigenvalue weighted by molar-refractivity contribution is -0.115. The van der Waals surface area contributed by atoms with Crippen LogP contribution in [0.4, 0.5) is 5.69 Å². The number of carbonyl (C=O) groups excluding carboxylic acids is 1. The Labute approximate surface area is 133 Å². The summed E-state index contributed by atoms with van der Waals surface area (Å²) in [5.74, 6) is -0.0993. The third-order valence-corrected chi connectivity index (χ3v) is 4.29. The summed E-state index contributed by atoms with van der Waals surface area (Å²) in [6, 6.07) is 10.0. The lowest BCUT2D eigenvalue weighted by Gasteiger charge is -1.98. The summed E-state index contributed by atoms with van der Waals surface area (Å²) in [5.41, 5.74) is 3.13. The zero-order valence-electron chi connectivity index (χ0n) is 12.5. The van der Waals surface area contributed by atoms with Gasteiger partial charge in [-0.25, -0.2) is 4.99 Å². The van der Waals surface area contributed by atoms with Crippen molar-refractivity contribution in [2.75, 3.05) is 0 Å². The first-order valence-corrected chi connectivity index (χ1v) is 7.96. The second kappa shape index (κ2) is 6.23. The SMILES string of the molecule is CCc1ccc(N=C2NC(=O)/C(=C\c3ccn(C)c3)S2)cc1. The van der Waals surface area contributed by atoms with Crippen molar-refractivity contribution in [3.8, 4) is 0 Å². The lowest BCUT2D eigenvalue weighted by atomic mass is 10.2. The standard InChI is InChI=1S/C17H17N3OS/c1-3-12-4-6-14(7-5-12)18-17-19-16(21)15(22-17)10-13-8-9-20(2)11-13/h4-11H,3H2,1-2H3,(H,18,19,21)/b15-10+. The van der Waals surface area contributed by atoms with Crippen molar-refractivity contribution >= 4 is 34.6 Å². The predicted octanol–water partition coefficient (Wildman–Crippen LogP) is 3.48. The van der Waals surface area contributed by atoms with Crippen LogP contribution >= 0.6 is 11.8 Å². The maximum Gasteiger partial charge on any atom is 0.264 e. The lowest BCUT2D eigenvalue weighted by Crippen LogP contribution is -2.19. The molecule has 22 heavy (non-hydrogen) atoms. The minimum atomic E-state index is -0.0993. The number of aromatic nitrogens is 1. The molecule has 112 valence electrons. The van der Waals surface area contributed by atoms with Gasteiger partial charge in [-0.05, 0) is 53.6 Å². The van der Waals surface area contributed by atoms with Crippen molar-refractivity contribution in [1.82, 2.24) is 9.88 Å². The van der Waals surface area contributed by atoms with Crippen LogP contribution in [0.3, 0.4) is 0 Å². The molecule has 2 heterocycles. The molecule has 3 rings (SSSR count). The highest BCUT2D eigenvalue weighted by Gasteiger charge is 2.23. The average molecular weight is 311 g/mol. The Hall–Kier alpha value is -2.27. The van der Waals surface area contributed by atoms with Gasteiger partial charge in [-0.2, -0.15) is 0 Å². The highest BCUT2D eigenvalue weighted by molar-refractivity contribution is 8.18. The summed E-state index contributed by atoms with van der Waals surface area (Å²) >= 11 is 1.37. The van der Waals surface area contributed by atoms with E-state index in [1.807, 2.05) is 48.3 Å². The highest BCUT2D eigenvalue weighted by Crippen LogP contribution is 2.28. The summed E-state index contributed by atoms with van der Waals surface area (Å²) < 4.78 is 1.95. The predicted molar refractivity (Wildman–Crippen MR) is 92.0 cm³/mol. The van der Waals surface area contributed by atoms with Crippen LogP contribution < -0.4 is 5.32 Å². The first-order chi connectivity index (χ1) is 10.6. The van der Waals surface area contributed by atoms with Crippen molar-refractivity contribution in [3.63, 3.8) is 0 Å². The van der Waals surface area contributed by atoms with Crippen molar-refractivity contribution in [1.29, 1.82) is 0 Å². The van der Waals surface area contributed by atoms with Gasteiger partial charge in [-0.1, -0.05) is 19.1 Å². The van der Waals surface area contributed by atoms with Crippen LogP contribution in [0.25, 0.3) is 6.08 Å². The van der Waals surface area contributed by atoms with Gasteiger partial charge >= 0.3 is 0 Å². The number of aryl methyl sites for hydroxylation is 2. The molecular weight excluding hydrogens is 294 g/mol. The average Bonchev–Trinajstić information content (AvgIpc) is 3.06. The molecule has 1 saturated heterocycles. The number of benzene rings is 1. The van der Waals surface area contributed by atoms with Gasteiger partial charge in [0, 0.05) is 19.4 Å². The van der Waals surface area contributed by atoms with E-state index in [4.69, 9.17) is 0 Å². The van der Waals surface area contributed by atoms with E-state index in [2.05, 4.69) is 29.4 Å². The monoisotopic (exact) mass is 311 g/mol. The number of thioether (sulfide) groups is 1. The molecule has 0 spiro atoms. The number of aliphatic imine (C=N–C) groups is 1. The number of amidine groups is 1. The number of carbonyl (C=O) groups is 1. The first-order valence-electron chi connectivity index (χ1n) is 7.14. The summed E-state index contributed by atoms with van der Waals surface area (Å²) in [6.07, 6.45) is 6.81. The van der Waals surface area contributed by atoms with E-state index in [1.54, 1.807) is 0 Å². The van der Waals surface area contributed by atoms with Crippen LogP contribution in [0.1, 0.15) is 18.1 Å². The Morgan fingerprint density at radius 1 is 1.27 bits per heavy atom. The highest BCUT2D eigenvalue weighted by atomic mass is 32.2. The summed E-state index contributed by atoms with van der Waals surface area (Å²) in [6.45, 7) is 2.12. The maximum atomic E-state index is 12.0. The van der Waals surface area contributed by atoms with Crippen LogP contribution in [-0.4, -0.2) is 15.6 Å². The van der Waals surface area contributed by atoms with Crippen LogP contribution in [-0.2, 0) is 18.3 Å². The minimum Gasteiger partial charge on any atom is -0.357 e. The summed E-state index contributed by atoms with van der Waals surface area (Å²) in [5, 5.41) is 3.43. The fraction of sp³-hybridized carbons (Fsp3) is 0.176. The molecule has 0 atom stereocenters. The molecule has 1 N–H and O–H groups in total. The molecule has 1 amide bonds. The molecule has 0 unspecified atom stereocenters. The molecule has 0 saturated carbocycles. The summed E-state index contributed by atoms with van der Waals surface area (Å²) in [4.78, 5) is 17.1. The second-order valence-electron chi connectivity index (χ2n) is 5.11. The minimum absolute atomic E-state index is 0.0993. The number of rotatable bonds is 3. The fourth-order valence-corrected chi connectivity index (χ4v) is 3.01. The van der Waals surface area contributed by atoms with Crippen molar-refractivity contribution in [2.24, 2.45) is 12.0 Å². The van der Waals surface area contributed by atoms with Gasteiger partial charge in [0.1, 0.15) is 0 Å². The smallest absolute Gasteiger partial charge is 0.264 e. The molecule has 1 aliphatic heterocycles. The van der Waals surface area contributed by atoms with Crippen LogP contribution in [0.15, 0.2) is 52.6 Å². The van der Waals surface area contributed by atoms with Gasteiger partial charge in [0.15, 0.2) is 5.17 Å². The Morgan fingerprint density at radius 2 is 2.05 bits per heavy atom. The molecule has 0 radical (unpaired) electrons. The molecular formula is C17H17N3OS. The van der Waals surface area contributed by atoms with Crippen molar-refractivity contribution < 1.29 is 4.79 Å². The number of hydrogen-bond donors (Lipinski definition) is 1. The number of nitrogens with zero attached hydrogens (tertiary/aromatic N) is 2. The Balaban J connectivity index is 1.78. The van der Waals surface area contributed by atoms with Crippen LogP contribution in [0, 0.1) is 0 Å². The van der Waals surface area contributed by atoms with E-state index < -0.39 is 0 Å². The van der Waals surface area contributed by atoms with Crippen molar-refractivity contribution in [2.45, 2.75) is 13.3 Å². The van der Waals surface area contributed by atoms with Crippen LogP contribution in [0.2, 0.25) is 0 Å². The third-order valence-electron chi connectivity index (χ3n) is 3.38. The van der Waals surface area contributed by atoms with E-state index in [1.165, 1.54) is 17.3 Å². The number of nitrogens with one attached hydrogen (secondary N) is 1. The molecule has 1 aliphatic rings. The molecule has 1 fully saturated rings. The van der Waals surface area contributed by atoms with Gasteiger partial charge in [0.25, 0.3) is 5.91 Å². The Bertz CT molecular complexity index is 756. The van der Waals surface area contributed by atoms with E-state index in [0.717, 1.165) is 17.7 Å². The zero-order valence-corrected chi connectivity index (χ0v) is 13.4. The van der Waals surface area contributed by atoms with E-state index >= 15 is 0 Å². The first kappa shape index (κ1) is 14.7. The van der Waals surface area contributed by atoms with Crippen LogP contribution in [0.5, 0.6) is 0 Å². The van der Waals surface area contributed by atoms with Gasteiger partial charge in [-0.3, -0.25) is 4.79 Å². The van der Waals surface area contributed by atoms with E-state index in [-0.39, 0.29) is 5.91 Å². The molecule has 1 aromatic carbocycles. The quantitative estimate of drug-likeness (QED) is 0.882. The zero-order chi connectivity index (χ0) is 15.5. The van der Waals surface area contributed by atoms with E-state index in [0.29, 0.717) is 10.1 Å². The molecule has 4 nitrogen and oxygen atoms in total. The topological polar surface area (TPSA) is 46.4 Å². The molecule has 5 heteroatoms. The fourth-order valence-electron chi connectivity index (χ4n) is 2.17. The summed E-state index contributed by atoms with van der Waals surface area (Å²) in [7, 11) is 1.96. The van der Waals surface area contributed by atoms with Crippen molar-refractivity contribution in [3.05, 3.63) is 58.8 Å².